The van der Waals surface area contributed by atoms with Crippen LogP contribution >= 0.6 is 11.6 Å². The van der Waals surface area contributed by atoms with Crippen molar-refractivity contribution in [1.29, 1.82) is 0 Å². The molecule has 0 unspecified atom stereocenters. The van der Waals surface area contributed by atoms with E-state index in [1.807, 2.05) is 74.5 Å². The fraction of sp³-hybridized carbons (Fsp3) is 0.310. The van der Waals surface area contributed by atoms with E-state index in [2.05, 4.69) is 5.32 Å². The van der Waals surface area contributed by atoms with Gasteiger partial charge in [-0.1, -0.05) is 85.3 Å². The highest BCUT2D eigenvalue weighted by Crippen LogP contribution is 2.23. The minimum Gasteiger partial charge on any atom is -0.352 e. The van der Waals surface area contributed by atoms with Crippen LogP contribution in [-0.4, -0.2) is 50.0 Å². The second-order valence-corrected chi connectivity index (χ2v) is 11.6. The van der Waals surface area contributed by atoms with E-state index in [0.717, 1.165) is 28.1 Å². The van der Waals surface area contributed by atoms with Gasteiger partial charge in [0.15, 0.2) is 0 Å². The molecule has 9 heteroatoms. The molecule has 0 aliphatic carbocycles. The summed E-state index contributed by atoms with van der Waals surface area (Å²) in [5, 5.41) is 3.36. The van der Waals surface area contributed by atoms with Crippen LogP contribution in [0, 0.1) is 0 Å². The Hall–Kier alpha value is -3.36. The summed E-state index contributed by atoms with van der Waals surface area (Å²) >= 11 is 6.12. The minimum atomic E-state index is -3.84. The summed E-state index contributed by atoms with van der Waals surface area (Å²) in [4.78, 5) is 29.0. The molecule has 0 spiro atoms. The highest BCUT2D eigenvalue weighted by atomic mass is 35.5. The summed E-state index contributed by atoms with van der Waals surface area (Å²) in [6, 6.07) is 24.2. The molecule has 2 atom stereocenters. The number of nitrogens with zero attached hydrogens (tertiary/aromatic N) is 2. The summed E-state index contributed by atoms with van der Waals surface area (Å²) in [6.45, 7) is 3.54. The first-order chi connectivity index (χ1) is 18.1. The number of amides is 2. The number of hydrogen-bond acceptors (Lipinski definition) is 4. The molecule has 3 aromatic rings. The molecule has 0 bridgehead atoms. The first kappa shape index (κ1) is 29.2. The Labute approximate surface area is 230 Å². The quantitative estimate of drug-likeness (QED) is 0.352. The smallest absolute Gasteiger partial charge is 0.244 e. The van der Waals surface area contributed by atoms with E-state index in [-0.39, 0.29) is 30.6 Å². The van der Waals surface area contributed by atoms with Crippen molar-refractivity contribution < 1.29 is 18.0 Å². The van der Waals surface area contributed by atoms with Crippen LogP contribution in [0.15, 0.2) is 84.9 Å². The summed E-state index contributed by atoms with van der Waals surface area (Å²) in [5.41, 5.74) is 1.98. The summed E-state index contributed by atoms with van der Waals surface area (Å²) in [7, 11) is -3.84. The monoisotopic (exact) mass is 555 g/mol. The summed E-state index contributed by atoms with van der Waals surface area (Å²) in [6.07, 6.45) is 2.05. The van der Waals surface area contributed by atoms with E-state index in [9.17, 15) is 18.0 Å². The van der Waals surface area contributed by atoms with E-state index in [1.165, 1.54) is 11.0 Å². The first-order valence-electron chi connectivity index (χ1n) is 12.5. The minimum absolute atomic E-state index is 0.0894. The van der Waals surface area contributed by atoms with Gasteiger partial charge >= 0.3 is 0 Å². The Bertz CT molecular complexity index is 1320. The van der Waals surface area contributed by atoms with E-state index in [0.29, 0.717) is 5.02 Å². The topological polar surface area (TPSA) is 86.8 Å². The van der Waals surface area contributed by atoms with Gasteiger partial charge in [0.1, 0.15) is 12.6 Å². The van der Waals surface area contributed by atoms with Crippen LogP contribution in [0.5, 0.6) is 0 Å². The lowest BCUT2D eigenvalue weighted by Crippen LogP contribution is -2.54. The van der Waals surface area contributed by atoms with Crippen LogP contribution in [0.25, 0.3) is 0 Å². The molecule has 202 valence electrons. The largest absolute Gasteiger partial charge is 0.352 e. The average Bonchev–Trinajstić information content (AvgIpc) is 2.89. The zero-order valence-corrected chi connectivity index (χ0v) is 23.5. The number of halogens is 1. The van der Waals surface area contributed by atoms with E-state index in [4.69, 9.17) is 11.6 Å². The lowest BCUT2D eigenvalue weighted by atomic mass is 10.0. The molecule has 0 heterocycles. The number of carbonyl (C=O) groups excluding carboxylic acids is 2. The predicted octanol–water partition coefficient (Wildman–Crippen LogP) is 4.66. The summed E-state index contributed by atoms with van der Waals surface area (Å²) in [5.74, 6) is -0.791. The molecule has 0 fully saturated rings. The van der Waals surface area contributed by atoms with Crippen molar-refractivity contribution in [2.24, 2.45) is 0 Å². The molecular weight excluding hydrogens is 522 g/mol. The molecule has 3 rings (SSSR count). The van der Waals surface area contributed by atoms with E-state index >= 15 is 0 Å². The Morgan fingerprint density at radius 1 is 0.921 bits per heavy atom. The molecule has 0 aliphatic rings. The van der Waals surface area contributed by atoms with Gasteiger partial charge in [-0.05, 0) is 42.7 Å². The maximum atomic E-state index is 14.0. The van der Waals surface area contributed by atoms with Gasteiger partial charge in [0.25, 0.3) is 0 Å². The first-order valence-corrected chi connectivity index (χ1v) is 14.7. The highest BCUT2D eigenvalue weighted by Gasteiger charge is 2.33. The Balaban J connectivity index is 2.04. The van der Waals surface area contributed by atoms with Crippen molar-refractivity contribution in [2.75, 3.05) is 17.1 Å². The predicted molar refractivity (Wildman–Crippen MR) is 152 cm³/mol. The van der Waals surface area contributed by atoms with Gasteiger partial charge in [0.05, 0.1) is 11.9 Å². The Morgan fingerprint density at radius 3 is 2.08 bits per heavy atom. The number of sulfonamides is 1. The molecule has 38 heavy (non-hydrogen) atoms. The van der Waals surface area contributed by atoms with Gasteiger partial charge in [0, 0.05) is 24.0 Å². The van der Waals surface area contributed by atoms with Crippen molar-refractivity contribution >= 4 is 39.1 Å². The Morgan fingerprint density at radius 2 is 1.53 bits per heavy atom. The normalized spacial score (nSPS) is 12.8. The van der Waals surface area contributed by atoms with Gasteiger partial charge < -0.3 is 10.2 Å². The third kappa shape index (κ3) is 8.33. The van der Waals surface area contributed by atoms with Crippen LogP contribution in [0.2, 0.25) is 5.02 Å². The van der Waals surface area contributed by atoms with Crippen LogP contribution in [0.1, 0.15) is 31.4 Å². The molecule has 1 N–H and O–H groups in total. The number of nitrogens with one attached hydrogen (secondary N) is 1. The van der Waals surface area contributed by atoms with Crippen molar-refractivity contribution in [3.8, 4) is 0 Å². The second-order valence-electron chi connectivity index (χ2n) is 9.28. The highest BCUT2D eigenvalue weighted by molar-refractivity contribution is 7.92. The van der Waals surface area contributed by atoms with Gasteiger partial charge in [-0.25, -0.2) is 8.42 Å². The fourth-order valence-corrected chi connectivity index (χ4v) is 5.05. The van der Waals surface area contributed by atoms with Crippen LogP contribution in [0.3, 0.4) is 0 Å². The molecule has 0 saturated heterocycles. The van der Waals surface area contributed by atoms with Crippen molar-refractivity contribution in [2.45, 2.75) is 45.3 Å². The molecule has 3 aromatic carbocycles. The van der Waals surface area contributed by atoms with Crippen molar-refractivity contribution in [3.05, 3.63) is 101 Å². The molecule has 0 aromatic heterocycles. The lowest BCUT2D eigenvalue weighted by Gasteiger charge is -2.34. The van der Waals surface area contributed by atoms with E-state index in [1.54, 1.807) is 18.2 Å². The van der Waals surface area contributed by atoms with Crippen LogP contribution < -0.4 is 9.62 Å². The maximum Gasteiger partial charge on any atom is 0.244 e. The van der Waals surface area contributed by atoms with Gasteiger partial charge in [-0.15, -0.1) is 0 Å². The number of rotatable bonds is 12. The van der Waals surface area contributed by atoms with Gasteiger partial charge in [-0.2, -0.15) is 0 Å². The number of hydrogen-bond donors (Lipinski definition) is 1. The Kier molecular flexibility index (Phi) is 10.3. The molecule has 0 aliphatic heterocycles. The molecule has 7 nitrogen and oxygen atoms in total. The molecular formula is C29H34ClN3O4S. The van der Waals surface area contributed by atoms with E-state index < -0.39 is 28.5 Å². The molecule has 0 saturated carbocycles. The number of carbonyl (C=O) groups is 2. The van der Waals surface area contributed by atoms with Gasteiger partial charge in [-0.3, -0.25) is 13.9 Å². The summed E-state index contributed by atoms with van der Waals surface area (Å²) < 4.78 is 26.6. The molecule has 0 radical (unpaired) electrons. The van der Waals surface area contributed by atoms with Gasteiger partial charge in [0.2, 0.25) is 21.8 Å². The van der Waals surface area contributed by atoms with Crippen LogP contribution in [0.4, 0.5) is 5.69 Å². The third-order valence-electron chi connectivity index (χ3n) is 6.24. The second kappa shape index (κ2) is 13.4. The zero-order chi connectivity index (χ0) is 27.7. The van der Waals surface area contributed by atoms with Crippen molar-refractivity contribution in [1.82, 2.24) is 10.2 Å². The standard InChI is InChI=1S/C29H34ClN3O4S/c1-4-22(2)31-29(35)27(18-23-12-7-5-8-13-23)32(20-24-14-9-6-10-15-24)28(34)21-33(38(3,36)37)26-17-11-16-25(30)19-26/h5-17,19,22,27H,4,18,20-21H2,1-3H3,(H,31,35)/t22-,27+/m1/s1. The number of anilines is 1. The zero-order valence-electron chi connectivity index (χ0n) is 21.9. The maximum absolute atomic E-state index is 14.0. The molecule has 2 amide bonds. The fourth-order valence-electron chi connectivity index (χ4n) is 4.02. The third-order valence-corrected chi connectivity index (χ3v) is 7.62. The SMILES string of the molecule is CC[C@@H](C)NC(=O)[C@H](Cc1ccccc1)N(Cc1ccccc1)C(=O)CN(c1cccc(Cl)c1)S(C)(=O)=O. The number of benzene rings is 3. The van der Waals surface area contributed by atoms with Crippen LogP contribution in [-0.2, 0) is 32.6 Å². The lowest BCUT2D eigenvalue weighted by molar-refractivity contribution is -0.140. The van der Waals surface area contributed by atoms with Crippen molar-refractivity contribution in [3.63, 3.8) is 0 Å². The average molecular weight is 556 g/mol.